The highest BCUT2D eigenvalue weighted by molar-refractivity contribution is 5.86. The molecule has 2 bridgehead atoms. The molecule has 4 rings (SSSR count). The summed E-state index contributed by atoms with van der Waals surface area (Å²) in [6.07, 6.45) is 2.93. The second kappa shape index (κ2) is 6.11. The fraction of sp³-hybridized carbons (Fsp3) is 0.579. The first kappa shape index (κ1) is 15.5. The van der Waals surface area contributed by atoms with Gasteiger partial charge in [0.15, 0.2) is 0 Å². The smallest absolute Gasteiger partial charge is 0.307 e. The molecule has 2 aliphatic carbocycles. The summed E-state index contributed by atoms with van der Waals surface area (Å²) in [5, 5.41) is 9.56. The van der Waals surface area contributed by atoms with E-state index in [1.54, 1.807) is 0 Å². The van der Waals surface area contributed by atoms with Crippen LogP contribution in [0.5, 0.6) is 0 Å². The molecule has 5 heteroatoms. The zero-order chi connectivity index (χ0) is 16.7. The Morgan fingerprint density at radius 1 is 0.917 bits per heavy atom. The molecule has 1 amide bonds. The molecular formula is C19H24N2O3. The summed E-state index contributed by atoms with van der Waals surface area (Å²) in [7, 11) is 0. The molecular weight excluding hydrogens is 304 g/mol. The van der Waals surface area contributed by atoms with Crippen molar-refractivity contribution in [2.24, 2.45) is 23.7 Å². The van der Waals surface area contributed by atoms with E-state index in [1.807, 2.05) is 23.1 Å². The van der Waals surface area contributed by atoms with E-state index in [2.05, 4.69) is 17.0 Å². The van der Waals surface area contributed by atoms with Gasteiger partial charge in [-0.1, -0.05) is 18.2 Å². The number of carbonyl (C=O) groups excluding carboxylic acids is 1. The van der Waals surface area contributed by atoms with E-state index in [-0.39, 0.29) is 23.7 Å². The third-order valence-electron chi connectivity index (χ3n) is 6.20. The van der Waals surface area contributed by atoms with Crippen molar-refractivity contribution in [2.75, 3.05) is 31.1 Å². The van der Waals surface area contributed by atoms with Crippen molar-refractivity contribution in [3.63, 3.8) is 0 Å². The maximum atomic E-state index is 13.0. The van der Waals surface area contributed by atoms with E-state index in [1.165, 1.54) is 5.69 Å². The number of carboxylic acids is 1. The van der Waals surface area contributed by atoms with Crippen molar-refractivity contribution in [3.8, 4) is 0 Å². The predicted molar refractivity (Wildman–Crippen MR) is 90.7 cm³/mol. The van der Waals surface area contributed by atoms with E-state index >= 15 is 0 Å². The first-order chi connectivity index (χ1) is 11.6. The monoisotopic (exact) mass is 328 g/mol. The third kappa shape index (κ3) is 2.56. The van der Waals surface area contributed by atoms with Crippen molar-refractivity contribution in [1.29, 1.82) is 0 Å². The molecule has 0 spiro atoms. The average Bonchev–Trinajstić information content (AvgIpc) is 3.23. The van der Waals surface area contributed by atoms with E-state index in [0.29, 0.717) is 13.1 Å². The minimum Gasteiger partial charge on any atom is -0.481 e. The molecule has 0 unspecified atom stereocenters. The molecule has 1 heterocycles. The average molecular weight is 328 g/mol. The highest BCUT2D eigenvalue weighted by Crippen LogP contribution is 2.53. The molecule has 24 heavy (non-hydrogen) atoms. The van der Waals surface area contributed by atoms with Crippen molar-refractivity contribution in [1.82, 2.24) is 4.90 Å². The number of rotatable bonds is 3. The first-order valence-electron chi connectivity index (χ1n) is 8.97. The number of hydrogen-bond acceptors (Lipinski definition) is 3. The van der Waals surface area contributed by atoms with Gasteiger partial charge in [-0.3, -0.25) is 9.59 Å². The summed E-state index contributed by atoms with van der Waals surface area (Å²) in [6, 6.07) is 10.2. The molecule has 0 radical (unpaired) electrons. The largest absolute Gasteiger partial charge is 0.481 e. The number of hydrogen-bond donors (Lipinski definition) is 1. The Kier molecular flexibility index (Phi) is 3.94. The number of anilines is 1. The third-order valence-corrected chi connectivity index (χ3v) is 6.20. The first-order valence-corrected chi connectivity index (χ1v) is 8.97. The number of carboxylic acid groups (broad SMARTS) is 1. The summed E-state index contributed by atoms with van der Waals surface area (Å²) < 4.78 is 0. The normalized spacial score (nSPS) is 32.2. The molecule has 1 N–H and O–H groups in total. The van der Waals surface area contributed by atoms with Crippen LogP contribution in [0, 0.1) is 23.7 Å². The molecule has 3 fully saturated rings. The SMILES string of the molecule is O=C(O)[C@@H]1[C@@H]2CC[C@@H](C2)[C@@H]1C(=O)N1CCN(c2ccccc2)CC1. The lowest BCUT2D eigenvalue weighted by atomic mass is 9.78. The van der Waals surface area contributed by atoms with Crippen LogP contribution in [0.15, 0.2) is 30.3 Å². The van der Waals surface area contributed by atoms with Crippen LogP contribution < -0.4 is 4.90 Å². The number of piperazine rings is 1. The Hall–Kier alpha value is -2.04. The number of amides is 1. The van der Waals surface area contributed by atoms with Gasteiger partial charge in [0.25, 0.3) is 0 Å². The van der Waals surface area contributed by atoms with Crippen LogP contribution in [0.1, 0.15) is 19.3 Å². The van der Waals surface area contributed by atoms with E-state index in [4.69, 9.17) is 0 Å². The lowest BCUT2D eigenvalue weighted by Gasteiger charge is -2.39. The van der Waals surface area contributed by atoms with Crippen molar-refractivity contribution < 1.29 is 14.7 Å². The van der Waals surface area contributed by atoms with Gasteiger partial charge in [0.1, 0.15) is 0 Å². The fourth-order valence-electron chi connectivity index (χ4n) is 5.04. The molecule has 4 atom stereocenters. The van der Waals surface area contributed by atoms with Gasteiger partial charge in [-0.25, -0.2) is 0 Å². The number of carbonyl (C=O) groups is 2. The Bertz CT molecular complexity index is 625. The Morgan fingerprint density at radius 3 is 2.17 bits per heavy atom. The lowest BCUT2D eigenvalue weighted by Crippen LogP contribution is -2.52. The van der Waals surface area contributed by atoms with Gasteiger partial charge in [-0.15, -0.1) is 0 Å². The Morgan fingerprint density at radius 2 is 1.54 bits per heavy atom. The Labute approximate surface area is 142 Å². The number of aliphatic carboxylic acids is 1. The minimum atomic E-state index is -0.775. The van der Waals surface area contributed by atoms with Gasteiger partial charge >= 0.3 is 5.97 Å². The molecule has 5 nitrogen and oxygen atoms in total. The van der Waals surface area contributed by atoms with Gasteiger partial charge in [-0.05, 0) is 43.2 Å². The number of fused-ring (bicyclic) bond motifs is 2. The predicted octanol–water partition coefficient (Wildman–Crippen LogP) is 2.08. The van der Waals surface area contributed by atoms with E-state index < -0.39 is 11.9 Å². The van der Waals surface area contributed by atoms with Crippen LogP contribution >= 0.6 is 0 Å². The lowest BCUT2D eigenvalue weighted by molar-refractivity contribution is -0.153. The van der Waals surface area contributed by atoms with Gasteiger partial charge < -0.3 is 14.9 Å². The molecule has 1 saturated heterocycles. The van der Waals surface area contributed by atoms with Crippen LogP contribution in [0.25, 0.3) is 0 Å². The molecule has 1 aliphatic heterocycles. The number of benzene rings is 1. The van der Waals surface area contributed by atoms with Crippen LogP contribution in [0.4, 0.5) is 5.69 Å². The summed E-state index contributed by atoms with van der Waals surface area (Å²) >= 11 is 0. The zero-order valence-corrected chi connectivity index (χ0v) is 13.8. The van der Waals surface area contributed by atoms with Gasteiger partial charge in [0.05, 0.1) is 11.8 Å². The second-order valence-electron chi connectivity index (χ2n) is 7.37. The van der Waals surface area contributed by atoms with Crippen LogP contribution in [-0.4, -0.2) is 48.1 Å². The molecule has 3 aliphatic rings. The molecule has 128 valence electrons. The molecule has 0 aromatic heterocycles. The van der Waals surface area contributed by atoms with Crippen LogP contribution in [0.3, 0.4) is 0 Å². The van der Waals surface area contributed by atoms with Gasteiger partial charge in [0, 0.05) is 31.9 Å². The summed E-state index contributed by atoms with van der Waals surface area (Å²) in [4.78, 5) is 28.8. The topological polar surface area (TPSA) is 60.9 Å². The molecule has 2 saturated carbocycles. The summed E-state index contributed by atoms with van der Waals surface area (Å²) in [5.74, 6) is -0.929. The van der Waals surface area contributed by atoms with Crippen molar-refractivity contribution >= 4 is 17.6 Å². The number of nitrogens with zero attached hydrogens (tertiary/aromatic N) is 2. The van der Waals surface area contributed by atoms with Crippen molar-refractivity contribution in [2.45, 2.75) is 19.3 Å². The highest BCUT2D eigenvalue weighted by atomic mass is 16.4. The number of para-hydroxylation sites is 1. The van der Waals surface area contributed by atoms with E-state index in [9.17, 15) is 14.7 Å². The molecule has 1 aromatic rings. The molecule has 1 aromatic carbocycles. The second-order valence-corrected chi connectivity index (χ2v) is 7.37. The summed E-state index contributed by atoms with van der Waals surface area (Å²) in [5.41, 5.74) is 1.19. The Balaban J connectivity index is 1.42. The quantitative estimate of drug-likeness (QED) is 0.923. The zero-order valence-electron chi connectivity index (χ0n) is 13.8. The standard InChI is InChI=1S/C19H24N2O3/c22-18(16-13-6-7-14(12-13)17(16)19(23)24)21-10-8-20(9-11-21)15-4-2-1-3-5-15/h1-5,13-14,16-17H,6-12H2,(H,23,24)/t13-,14+,16-,17+/m0/s1. The van der Waals surface area contributed by atoms with E-state index in [0.717, 1.165) is 32.4 Å². The fourth-order valence-corrected chi connectivity index (χ4v) is 5.04. The maximum Gasteiger partial charge on any atom is 0.307 e. The minimum absolute atomic E-state index is 0.0855. The van der Waals surface area contributed by atoms with Crippen molar-refractivity contribution in [3.05, 3.63) is 30.3 Å². The maximum absolute atomic E-state index is 13.0. The van der Waals surface area contributed by atoms with Gasteiger partial charge in [-0.2, -0.15) is 0 Å². The van der Waals surface area contributed by atoms with Crippen LogP contribution in [0.2, 0.25) is 0 Å². The highest BCUT2D eigenvalue weighted by Gasteiger charge is 2.54. The van der Waals surface area contributed by atoms with Gasteiger partial charge in [0.2, 0.25) is 5.91 Å². The van der Waals surface area contributed by atoms with Crippen LogP contribution in [-0.2, 0) is 9.59 Å². The summed E-state index contributed by atoms with van der Waals surface area (Å²) in [6.45, 7) is 3.00.